The Morgan fingerprint density at radius 2 is 2.19 bits per heavy atom. The van der Waals surface area contributed by atoms with Crippen LogP contribution in [0, 0.1) is 11.8 Å². The molecule has 1 aliphatic heterocycles. The second-order valence-corrected chi connectivity index (χ2v) is 6.09. The lowest BCUT2D eigenvalue weighted by atomic mass is 9.87. The van der Waals surface area contributed by atoms with Crippen molar-refractivity contribution in [3.63, 3.8) is 0 Å². The molecule has 3 nitrogen and oxygen atoms in total. The van der Waals surface area contributed by atoms with Crippen molar-refractivity contribution in [3.8, 4) is 0 Å². The van der Waals surface area contributed by atoms with Crippen LogP contribution in [0.3, 0.4) is 0 Å². The van der Waals surface area contributed by atoms with E-state index in [1.165, 1.54) is 0 Å². The van der Waals surface area contributed by atoms with Gasteiger partial charge >= 0.3 is 8.05 Å². The fourth-order valence-electron chi connectivity index (χ4n) is 3.06. The molecule has 1 heterocycles. The third kappa shape index (κ3) is 4.16. The third-order valence-corrected chi connectivity index (χ3v) is 4.53. The Labute approximate surface area is 133 Å². The standard InChI is InChI=1S/C16H21BClNO2/c1-2-3-4-15(16(20)21-17)12-9-10-19(11-12)14-7-5-13(18)6-8-14/h5-8,12,15H,2-4,9-11H2,1H3/t12-,15?/m1/s1. The molecule has 1 aliphatic rings. The summed E-state index contributed by atoms with van der Waals surface area (Å²) in [5, 5.41) is 0.738. The van der Waals surface area contributed by atoms with Gasteiger partial charge in [-0.2, -0.15) is 0 Å². The monoisotopic (exact) mass is 305 g/mol. The molecule has 112 valence electrons. The highest BCUT2D eigenvalue weighted by atomic mass is 35.5. The largest absolute Gasteiger partial charge is 0.543 e. The quantitative estimate of drug-likeness (QED) is 0.752. The molecule has 1 saturated heterocycles. The molecule has 1 fully saturated rings. The van der Waals surface area contributed by atoms with Crippen molar-refractivity contribution in [3.05, 3.63) is 29.3 Å². The number of rotatable bonds is 6. The number of anilines is 1. The summed E-state index contributed by atoms with van der Waals surface area (Å²) in [7, 11) is 5.10. The third-order valence-electron chi connectivity index (χ3n) is 4.27. The summed E-state index contributed by atoms with van der Waals surface area (Å²) in [5.74, 6) is -0.0538. The van der Waals surface area contributed by atoms with Crippen molar-refractivity contribution in [2.75, 3.05) is 18.0 Å². The first-order chi connectivity index (χ1) is 10.2. The average molecular weight is 306 g/mol. The van der Waals surface area contributed by atoms with Crippen LogP contribution in [-0.2, 0) is 9.45 Å². The van der Waals surface area contributed by atoms with Gasteiger partial charge in [0.25, 0.3) is 5.97 Å². The van der Waals surface area contributed by atoms with Gasteiger partial charge in [0, 0.05) is 23.8 Å². The zero-order valence-corrected chi connectivity index (χ0v) is 13.2. The highest BCUT2D eigenvalue weighted by Crippen LogP contribution is 2.32. The number of unbranched alkanes of at least 4 members (excludes halogenated alkanes) is 1. The van der Waals surface area contributed by atoms with Crippen molar-refractivity contribution in [1.29, 1.82) is 0 Å². The average Bonchev–Trinajstić information content (AvgIpc) is 2.97. The Hall–Kier alpha value is -1.16. The number of carbonyl (C=O) groups is 1. The lowest BCUT2D eigenvalue weighted by Gasteiger charge is -2.23. The minimum Gasteiger partial charge on any atom is -0.543 e. The van der Waals surface area contributed by atoms with Crippen molar-refractivity contribution in [1.82, 2.24) is 0 Å². The van der Waals surface area contributed by atoms with E-state index in [1.54, 1.807) is 0 Å². The number of halogens is 1. The van der Waals surface area contributed by atoms with E-state index in [0.717, 1.165) is 49.5 Å². The molecule has 0 saturated carbocycles. The van der Waals surface area contributed by atoms with Crippen LogP contribution in [0.5, 0.6) is 0 Å². The smallest absolute Gasteiger partial charge is 0.378 e. The molecule has 5 heteroatoms. The lowest BCUT2D eigenvalue weighted by Crippen LogP contribution is -2.28. The second kappa shape index (κ2) is 7.74. The van der Waals surface area contributed by atoms with Gasteiger partial charge in [-0.15, -0.1) is 0 Å². The van der Waals surface area contributed by atoms with Crippen LogP contribution in [0.15, 0.2) is 24.3 Å². The Morgan fingerprint density at radius 3 is 2.81 bits per heavy atom. The molecular weight excluding hydrogens is 284 g/mol. The summed E-state index contributed by atoms with van der Waals surface area (Å²) >= 11 is 5.92. The summed E-state index contributed by atoms with van der Waals surface area (Å²) in [5.41, 5.74) is 1.15. The lowest BCUT2D eigenvalue weighted by molar-refractivity contribution is -0.140. The number of benzene rings is 1. The highest BCUT2D eigenvalue weighted by molar-refractivity contribution is 6.30. The highest BCUT2D eigenvalue weighted by Gasteiger charge is 2.33. The molecule has 2 rings (SSSR count). The van der Waals surface area contributed by atoms with Crippen LogP contribution < -0.4 is 4.90 Å². The molecule has 1 unspecified atom stereocenters. The zero-order valence-electron chi connectivity index (χ0n) is 12.4. The number of carbonyl (C=O) groups excluding carboxylic acids is 1. The minimum atomic E-state index is -0.272. The fourth-order valence-corrected chi connectivity index (χ4v) is 3.19. The van der Waals surface area contributed by atoms with Crippen LogP contribution in [-0.4, -0.2) is 27.1 Å². The summed E-state index contributed by atoms with van der Waals surface area (Å²) in [6, 6.07) is 7.83. The molecule has 0 spiro atoms. The predicted molar refractivity (Wildman–Crippen MR) is 86.6 cm³/mol. The maximum absolute atomic E-state index is 11.9. The summed E-state index contributed by atoms with van der Waals surface area (Å²) in [6.45, 7) is 3.94. The van der Waals surface area contributed by atoms with Crippen LogP contribution in [0.4, 0.5) is 5.69 Å². The summed E-state index contributed by atoms with van der Waals surface area (Å²) < 4.78 is 4.50. The summed E-state index contributed by atoms with van der Waals surface area (Å²) in [4.78, 5) is 14.2. The first-order valence-electron chi connectivity index (χ1n) is 7.56. The molecule has 0 aromatic heterocycles. The van der Waals surface area contributed by atoms with E-state index in [-0.39, 0.29) is 11.9 Å². The van der Waals surface area contributed by atoms with Crippen LogP contribution in [0.1, 0.15) is 32.6 Å². The Kier molecular flexibility index (Phi) is 5.98. The van der Waals surface area contributed by atoms with E-state index in [9.17, 15) is 4.79 Å². The predicted octanol–water partition coefficient (Wildman–Crippen LogP) is 3.60. The van der Waals surface area contributed by atoms with Gasteiger partial charge in [-0.25, -0.2) is 0 Å². The molecule has 0 bridgehead atoms. The first kappa shape index (κ1) is 16.2. The molecule has 0 amide bonds. The van der Waals surface area contributed by atoms with Gasteiger partial charge in [-0.3, -0.25) is 4.79 Å². The van der Waals surface area contributed by atoms with Gasteiger partial charge < -0.3 is 9.55 Å². The number of hydrogen-bond donors (Lipinski definition) is 0. The number of nitrogens with zero attached hydrogens (tertiary/aromatic N) is 1. The van der Waals surface area contributed by atoms with E-state index in [1.807, 2.05) is 24.3 Å². The van der Waals surface area contributed by atoms with Crippen molar-refractivity contribution < 1.29 is 9.45 Å². The molecular formula is C16H21BClNO2. The van der Waals surface area contributed by atoms with Crippen LogP contribution >= 0.6 is 11.6 Å². The van der Waals surface area contributed by atoms with Gasteiger partial charge in [0.05, 0.1) is 5.92 Å². The van der Waals surface area contributed by atoms with Gasteiger partial charge in [-0.1, -0.05) is 31.4 Å². The maximum atomic E-state index is 11.9. The van der Waals surface area contributed by atoms with Crippen molar-refractivity contribution in [2.45, 2.75) is 32.6 Å². The van der Waals surface area contributed by atoms with Crippen molar-refractivity contribution >= 4 is 31.3 Å². The molecule has 2 radical (unpaired) electrons. The van der Waals surface area contributed by atoms with Gasteiger partial charge in [0.1, 0.15) is 0 Å². The topological polar surface area (TPSA) is 29.5 Å². The molecule has 0 aliphatic carbocycles. The maximum Gasteiger partial charge on any atom is 0.378 e. The van der Waals surface area contributed by atoms with E-state index >= 15 is 0 Å². The second-order valence-electron chi connectivity index (χ2n) is 5.66. The van der Waals surface area contributed by atoms with Gasteiger partial charge in [-0.05, 0) is 43.0 Å². The molecule has 21 heavy (non-hydrogen) atoms. The minimum absolute atomic E-state index is 0.0905. The zero-order chi connectivity index (χ0) is 15.2. The normalized spacial score (nSPS) is 19.5. The van der Waals surface area contributed by atoms with E-state index < -0.39 is 0 Å². The summed E-state index contributed by atoms with van der Waals surface area (Å²) in [6.07, 6.45) is 3.94. The first-order valence-corrected chi connectivity index (χ1v) is 7.94. The van der Waals surface area contributed by atoms with Gasteiger partial charge in [0.2, 0.25) is 0 Å². The Bertz CT molecular complexity index is 466. The van der Waals surface area contributed by atoms with E-state index in [4.69, 9.17) is 19.7 Å². The molecule has 1 aromatic rings. The van der Waals surface area contributed by atoms with Crippen LogP contribution in [0.2, 0.25) is 5.02 Å². The molecule has 0 N–H and O–H groups in total. The molecule has 1 aromatic carbocycles. The van der Waals surface area contributed by atoms with Crippen molar-refractivity contribution in [2.24, 2.45) is 11.8 Å². The van der Waals surface area contributed by atoms with E-state index in [2.05, 4.69) is 16.5 Å². The van der Waals surface area contributed by atoms with E-state index in [0.29, 0.717) is 5.92 Å². The Balaban J connectivity index is 2.01. The van der Waals surface area contributed by atoms with Crippen LogP contribution in [0.25, 0.3) is 0 Å². The fraction of sp³-hybridized carbons (Fsp3) is 0.562. The molecule has 2 atom stereocenters. The Morgan fingerprint density at radius 1 is 1.48 bits per heavy atom. The number of hydrogen-bond acceptors (Lipinski definition) is 3. The van der Waals surface area contributed by atoms with Gasteiger partial charge in [0.15, 0.2) is 0 Å². The SMILES string of the molecule is [B]OC(=O)C(CCCC)[C@@H]1CCN(c2ccc(Cl)cc2)C1.